The van der Waals surface area contributed by atoms with Crippen molar-refractivity contribution >= 4 is 29.7 Å². The van der Waals surface area contributed by atoms with Crippen molar-refractivity contribution < 1.29 is 4.79 Å². The predicted molar refractivity (Wildman–Crippen MR) is 97.8 cm³/mol. The van der Waals surface area contributed by atoms with Gasteiger partial charge in [0.05, 0.1) is 5.70 Å². The van der Waals surface area contributed by atoms with E-state index in [9.17, 15) is 4.79 Å². The molecule has 25 heavy (non-hydrogen) atoms. The summed E-state index contributed by atoms with van der Waals surface area (Å²) < 4.78 is 0. The molecule has 0 unspecified atom stereocenters. The maximum atomic E-state index is 12.2. The first-order chi connectivity index (χ1) is 12.2. The number of nitrogens with zero attached hydrogens (tertiary/aromatic N) is 1. The van der Waals surface area contributed by atoms with Crippen molar-refractivity contribution in [1.29, 1.82) is 0 Å². The van der Waals surface area contributed by atoms with E-state index in [4.69, 9.17) is 0 Å². The van der Waals surface area contributed by atoms with Gasteiger partial charge in [-0.3, -0.25) is 9.79 Å². The Hall–Kier alpha value is -3.34. The third-order valence-electron chi connectivity index (χ3n) is 4.47. The highest BCUT2D eigenvalue weighted by atomic mass is 16.1. The number of hydrogen-bond donors (Lipinski definition) is 3. The van der Waals surface area contributed by atoms with Crippen LogP contribution in [0.5, 0.6) is 0 Å². The van der Waals surface area contributed by atoms with Gasteiger partial charge in [-0.05, 0) is 61.4 Å². The first kappa shape index (κ1) is 14.0. The molecule has 0 fully saturated rings. The van der Waals surface area contributed by atoms with Crippen LogP contribution in [0.25, 0.3) is 18.2 Å². The summed E-state index contributed by atoms with van der Waals surface area (Å²) in [6, 6.07) is 8.07. The molecule has 2 aromatic rings. The van der Waals surface area contributed by atoms with Crippen LogP contribution in [-0.2, 0) is 4.79 Å². The summed E-state index contributed by atoms with van der Waals surface area (Å²) in [7, 11) is 0. The second-order valence-electron chi connectivity index (χ2n) is 6.41. The fourth-order valence-corrected chi connectivity index (χ4v) is 3.30. The van der Waals surface area contributed by atoms with Crippen LogP contribution >= 0.6 is 0 Å². The highest BCUT2D eigenvalue weighted by molar-refractivity contribution is 6.12. The molecule has 0 spiro atoms. The van der Waals surface area contributed by atoms with Crippen LogP contribution < -0.4 is 16.0 Å². The Labute approximate surface area is 143 Å². The lowest BCUT2D eigenvalue weighted by molar-refractivity contribution is -0.111. The van der Waals surface area contributed by atoms with Crippen molar-refractivity contribution in [1.82, 2.24) is 15.3 Å². The molecule has 0 aromatic carbocycles. The lowest BCUT2D eigenvalue weighted by Crippen LogP contribution is -2.11. The number of carbonyl (C=O) groups excluding carboxylic acids is 1. The Kier molecular flexibility index (Phi) is 3.00. The molecule has 122 valence electrons. The molecule has 0 atom stereocenters. The van der Waals surface area contributed by atoms with Crippen LogP contribution in [-0.4, -0.2) is 21.5 Å². The van der Waals surface area contributed by atoms with Gasteiger partial charge in [0.1, 0.15) is 0 Å². The summed E-state index contributed by atoms with van der Waals surface area (Å²) in [5, 5.41) is 5.25. The first-order valence-corrected chi connectivity index (χ1v) is 8.32. The van der Waals surface area contributed by atoms with Crippen molar-refractivity contribution in [2.45, 2.75) is 12.8 Å². The zero-order chi connectivity index (χ0) is 16.8. The number of aromatic nitrogens is 2. The van der Waals surface area contributed by atoms with E-state index in [1.807, 2.05) is 36.4 Å². The zero-order valence-electron chi connectivity index (χ0n) is 13.5. The second kappa shape index (κ2) is 5.34. The minimum atomic E-state index is -0.0151. The Balaban J connectivity index is 1.69. The molecule has 2 aromatic heterocycles. The van der Waals surface area contributed by atoms with Crippen LogP contribution in [0.3, 0.4) is 0 Å². The standard InChI is InChI=1S/C20H16N4O/c25-20-11-18-9-16-4-3-14(22-16)7-12-1-2-13(21-12)8-15-5-6-17(23-15)10-19(20)24-18/h1-2,5-11,21,23-24H,3-4H2. The summed E-state index contributed by atoms with van der Waals surface area (Å²) >= 11 is 0. The van der Waals surface area contributed by atoms with Gasteiger partial charge >= 0.3 is 0 Å². The smallest absolute Gasteiger partial charge is 0.204 e. The van der Waals surface area contributed by atoms with Gasteiger partial charge in [0.15, 0.2) is 0 Å². The second-order valence-corrected chi connectivity index (χ2v) is 6.41. The lowest BCUT2D eigenvalue weighted by Gasteiger charge is -2.00. The number of carbonyl (C=O) groups is 1. The minimum absolute atomic E-state index is 0.0151. The topological polar surface area (TPSA) is 73.0 Å². The molecule has 0 aliphatic carbocycles. The monoisotopic (exact) mass is 328 g/mol. The van der Waals surface area contributed by atoms with Crippen molar-refractivity contribution in [2.24, 2.45) is 4.99 Å². The highest BCUT2D eigenvalue weighted by Gasteiger charge is 2.18. The molecule has 3 N–H and O–H groups in total. The fraction of sp³-hybridized carbons (Fsp3) is 0.100. The molecule has 8 bridgehead atoms. The number of allylic oxidation sites excluding steroid dienone is 3. The third-order valence-corrected chi connectivity index (χ3v) is 4.47. The van der Waals surface area contributed by atoms with E-state index < -0.39 is 0 Å². The predicted octanol–water partition coefficient (Wildman–Crippen LogP) is 1.48. The first-order valence-electron chi connectivity index (χ1n) is 8.32. The number of ketones is 1. The van der Waals surface area contributed by atoms with Gasteiger partial charge < -0.3 is 15.3 Å². The van der Waals surface area contributed by atoms with E-state index in [0.717, 1.165) is 52.0 Å². The molecule has 5 nitrogen and oxygen atoms in total. The molecule has 5 heteroatoms. The van der Waals surface area contributed by atoms with Crippen molar-refractivity contribution in [3.63, 3.8) is 0 Å². The number of fused-ring (bicyclic) bond motifs is 7. The summed E-state index contributed by atoms with van der Waals surface area (Å²) in [4.78, 5) is 23.6. The van der Waals surface area contributed by atoms with Crippen molar-refractivity contribution in [2.75, 3.05) is 0 Å². The Morgan fingerprint density at radius 1 is 0.800 bits per heavy atom. The number of hydrogen-bond acceptors (Lipinski definition) is 3. The lowest BCUT2D eigenvalue weighted by atomic mass is 10.2. The molecule has 0 radical (unpaired) electrons. The van der Waals surface area contributed by atoms with Crippen molar-refractivity contribution in [3.8, 4) is 0 Å². The van der Waals surface area contributed by atoms with Gasteiger partial charge in [0, 0.05) is 45.3 Å². The summed E-state index contributed by atoms with van der Waals surface area (Å²) in [5.41, 5.74) is 5.27. The Morgan fingerprint density at radius 2 is 1.60 bits per heavy atom. The van der Waals surface area contributed by atoms with E-state index in [-0.39, 0.29) is 5.78 Å². The van der Waals surface area contributed by atoms with Crippen LogP contribution in [0.4, 0.5) is 0 Å². The summed E-state index contributed by atoms with van der Waals surface area (Å²) in [6.45, 7) is 0. The maximum Gasteiger partial charge on any atom is 0.204 e. The van der Waals surface area contributed by atoms with Crippen LogP contribution in [0.2, 0.25) is 0 Å². The van der Waals surface area contributed by atoms with Crippen molar-refractivity contribution in [3.05, 3.63) is 75.6 Å². The van der Waals surface area contributed by atoms with E-state index in [1.165, 1.54) is 0 Å². The van der Waals surface area contributed by atoms with Gasteiger partial charge in [-0.2, -0.15) is 0 Å². The number of nitrogens with one attached hydrogen (secondary N) is 3. The maximum absolute atomic E-state index is 12.2. The number of aromatic amines is 2. The van der Waals surface area contributed by atoms with Gasteiger partial charge in [0.25, 0.3) is 0 Å². The SMILES string of the molecule is O=C1C=C2C=C3CCC(=N3)C=c3ccc([nH]3)=Cc3ccc([nH]3)C=C1N2. The molecule has 0 saturated heterocycles. The van der Waals surface area contributed by atoms with Gasteiger partial charge in [-0.25, -0.2) is 0 Å². The Morgan fingerprint density at radius 3 is 2.48 bits per heavy atom. The molecule has 0 saturated carbocycles. The van der Waals surface area contributed by atoms with E-state index in [2.05, 4.69) is 32.4 Å². The van der Waals surface area contributed by atoms with E-state index in [1.54, 1.807) is 6.08 Å². The third kappa shape index (κ3) is 2.70. The summed E-state index contributed by atoms with van der Waals surface area (Å²) in [5.74, 6) is -0.0151. The average molecular weight is 328 g/mol. The van der Waals surface area contributed by atoms with Crippen LogP contribution in [0, 0.1) is 0 Å². The summed E-state index contributed by atoms with van der Waals surface area (Å²) in [6.07, 6.45) is 11.3. The zero-order valence-corrected chi connectivity index (χ0v) is 13.5. The van der Waals surface area contributed by atoms with Gasteiger partial charge in [-0.15, -0.1) is 0 Å². The van der Waals surface area contributed by atoms with Crippen LogP contribution in [0.1, 0.15) is 24.2 Å². The number of rotatable bonds is 0. The number of H-pyrrole nitrogens is 2. The fourth-order valence-electron chi connectivity index (χ4n) is 3.30. The van der Waals surface area contributed by atoms with Gasteiger partial charge in [0.2, 0.25) is 5.78 Å². The average Bonchev–Trinajstić information content (AvgIpc) is 3.33. The molecule has 5 rings (SSSR count). The van der Waals surface area contributed by atoms with Gasteiger partial charge in [-0.1, -0.05) is 0 Å². The largest absolute Gasteiger partial charge is 0.355 e. The Bertz CT molecular complexity index is 1130. The normalized spacial score (nSPS) is 18.5. The molecule has 3 aliphatic heterocycles. The molecule has 0 amide bonds. The molecule has 5 heterocycles. The van der Waals surface area contributed by atoms with Crippen LogP contribution in [0.15, 0.2) is 58.5 Å². The molecule has 3 aliphatic rings. The highest BCUT2D eigenvalue weighted by Crippen LogP contribution is 2.22. The quantitative estimate of drug-likeness (QED) is 0.685. The molecular weight excluding hydrogens is 312 g/mol. The van der Waals surface area contributed by atoms with E-state index >= 15 is 0 Å². The number of aliphatic imine (C=N–C) groups is 1. The minimum Gasteiger partial charge on any atom is -0.355 e. The van der Waals surface area contributed by atoms with E-state index in [0.29, 0.717) is 5.70 Å². The molecular formula is C20H16N4O.